The van der Waals surface area contributed by atoms with Crippen molar-refractivity contribution in [1.29, 1.82) is 0 Å². The molecule has 0 N–H and O–H groups in total. The average Bonchev–Trinajstić information content (AvgIpc) is 3.09. The van der Waals surface area contributed by atoms with Crippen molar-refractivity contribution in [3.8, 4) is 11.3 Å². The summed E-state index contributed by atoms with van der Waals surface area (Å²) in [5.74, 6) is 0. The van der Waals surface area contributed by atoms with Gasteiger partial charge in [-0.3, -0.25) is 0 Å². The van der Waals surface area contributed by atoms with Crippen molar-refractivity contribution in [2.24, 2.45) is 7.05 Å². The van der Waals surface area contributed by atoms with Crippen LogP contribution in [-0.2, 0) is 13.6 Å². The van der Waals surface area contributed by atoms with E-state index in [-0.39, 0.29) is 0 Å². The maximum absolute atomic E-state index is 2.35. The molecule has 0 bridgehead atoms. The van der Waals surface area contributed by atoms with Gasteiger partial charge in [0.05, 0.1) is 13.6 Å². The topological polar surface area (TPSA) is 8.81 Å². The van der Waals surface area contributed by atoms with Crippen LogP contribution in [0.3, 0.4) is 0 Å². The number of aryl methyl sites for hydroxylation is 2. The Balaban J connectivity index is 1.45. The minimum absolute atomic E-state index is 1.14. The van der Waals surface area contributed by atoms with Crippen molar-refractivity contribution in [1.82, 2.24) is 4.57 Å². The van der Waals surface area contributed by atoms with Gasteiger partial charge in [-0.15, -0.1) is 0 Å². The molecule has 0 amide bonds. The minimum Gasteiger partial charge on any atom is -0.236 e. The van der Waals surface area contributed by atoms with Crippen LogP contribution in [0.1, 0.15) is 96.8 Å². The van der Waals surface area contributed by atoms with Crippen LogP contribution in [0.2, 0.25) is 0 Å². The lowest BCUT2D eigenvalue weighted by Crippen LogP contribution is -2.30. The number of aromatic nitrogens is 2. The van der Waals surface area contributed by atoms with Crippen LogP contribution in [0.25, 0.3) is 11.3 Å². The molecule has 0 spiro atoms. The predicted molar refractivity (Wildman–Crippen MR) is 121 cm³/mol. The Morgan fingerprint density at radius 2 is 1.18 bits per heavy atom. The van der Waals surface area contributed by atoms with Crippen molar-refractivity contribution in [3.63, 3.8) is 0 Å². The second-order valence-electron chi connectivity index (χ2n) is 8.44. The number of imidazole rings is 1. The Kier molecular flexibility index (Phi) is 11.7. The summed E-state index contributed by atoms with van der Waals surface area (Å²) in [6, 6.07) is 10.7. The predicted octanol–water partition coefficient (Wildman–Crippen LogP) is 7.46. The zero-order valence-corrected chi connectivity index (χ0v) is 18.5. The molecule has 0 saturated carbocycles. The van der Waals surface area contributed by atoms with Crippen molar-refractivity contribution < 1.29 is 4.57 Å². The van der Waals surface area contributed by atoms with Crippen molar-refractivity contribution >= 4 is 0 Å². The Morgan fingerprint density at radius 1 is 0.679 bits per heavy atom. The van der Waals surface area contributed by atoms with Crippen molar-refractivity contribution in [2.45, 2.75) is 103 Å². The third-order valence-electron chi connectivity index (χ3n) is 5.83. The van der Waals surface area contributed by atoms with Gasteiger partial charge in [0, 0.05) is 5.56 Å². The highest BCUT2D eigenvalue weighted by atomic mass is 15.1. The van der Waals surface area contributed by atoms with Crippen LogP contribution in [0.4, 0.5) is 0 Å². The van der Waals surface area contributed by atoms with E-state index in [4.69, 9.17) is 0 Å². The number of rotatable bonds is 16. The first-order chi connectivity index (χ1) is 13.8. The Morgan fingerprint density at radius 3 is 1.71 bits per heavy atom. The Hall–Kier alpha value is -1.57. The van der Waals surface area contributed by atoms with Crippen LogP contribution in [0.15, 0.2) is 42.9 Å². The van der Waals surface area contributed by atoms with E-state index in [0.717, 1.165) is 6.54 Å². The fourth-order valence-corrected chi connectivity index (χ4v) is 4.06. The fourth-order valence-electron chi connectivity index (χ4n) is 4.06. The maximum Gasteiger partial charge on any atom is 0.244 e. The second-order valence-corrected chi connectivity index (χ2v) is 8.44. The quantitative estimate of drug-likeness (QED) is 0.210. The fraction of sp³-hybridized carbons (Fsp3) is 0.654. The minimum atomic E-state index is 1.14. The van der Waals surface area contributed by atoms with E-state index in [1.54, 1.807) is 0 Å². The molecule has 156 valence electrons. The monoisotopic (exact) mass is 383 g/mol. The maximum atomic E-state index is 2.35. The molecule has 0 fully saturated rings. The summed E-state index contributed by atoms with van der Waals surface area (Å²) in [6.45, 7) is 3.43. The molecule has 0 atom stereocenters. The van der Waals surface area contributed by atoms with Crippen LogP contribution < -0.4 is 4.57 Å². The van der Waals surface area contributed by atoms with E-state index >= 15 is 0 Å². The third kappa shape index (κ3) is 9.08. The number of hydrogen-bond acceptors (Lipinski definition) is 0. The standard InChI is InChI=1S/C26H43N2/c1-3-4-5-6-7-8-9-10-11-12-13-14-15-19-22-28-23-26(27(2)24-28)25-20-17-16-18-21-25/h16-18,20-21,23-24H,3-15,19,22H2,1-2H3/q+1. The molecule has 2 heteroatoms. The van der Waals surface area contributed by atoms with Crippen molar-refractivity contribution in [3.05, 3.63) is 42.9 Å². The molecule has 2 rings (SSSR count). The third-order valence-corrected chi connectivity index (χ3v) is 5.83. The molecule has 28 heavy (non-hydrogen) atoms. The zero-order valence-electron chi connectivity index (χ0n) is 18.5. The van der Waals surface area contributed by atoms with Crippen LogP contribution in [-0.4, -0.2) is 4.57 Å². The molecular formula is C26H43N2+. The molecule has 0 radical (unpaired) electrons. The molecule has 0 aliphatic rings. The SMILES string of the molecule is CCCCCCCCCCCCCCCC[n+]1cc(-c2ccccc2)n(C)c1. The normalized spacial score (nSPS) is 11.2. The Labute approximate surface area is 174 Å². The second kappa shape index (κ2) is 14.4. The highest BCUT2D eigenvalue weighted by molar-refractivity contribution is 5.57. The number of unbranched alkanes of at least 4 members (excludes halogenated alkanes) is 13. The van der Waals surface area contributed by atoms with Crippen molar-refractivity contribution in [2.75, 3.05) is 0 Å². The summed E-state index contributed by atoms with van der Waals surface area (Å²) >= 11 is 0. The van der Waals surface area contributed by atoms with E-state index < -0.39 is 0 Å². The molecule has 0 aliphatic carbocycles. The molecule has 2 nitrogen and oxygen atoms in total. The average molecular weight is 384 g/mol. The van der Waals surface area contributed by atoms with E-state index in [1.165, 1.54) is 101 Å². The van der Waals surface area contributed by atoms with Crippen LogP contribution in [0, 0.1) is 0 Å². The van der Waals surface area contributed by atoms with Gasteiger partial charge in [-0.25, -0.2) is 9.13 Å². The van der Waals surface area contributed by atoms with Gasteiger partial charge in [-0.1, -0.05) is 114 Å². The summed E-state index contributed by atoms with van der Waals surface area (Å²) in [6.07, 6.45) is 24.4. The van der Waals surface area contributed by atoms with Crippen LogP contribution >= 0.6 is 0 Å². The van der Waals surface area contributed by atoms with E-state index in [0.29, 0.717) is 0 Å². The number of hydrogen-bond donors (Lipinski definition) is 0. The van der Waals surface area contributed by atoms with Gasteiger partial charge < -0.3 is 0 Å². The molecular weight excluding hydrogens is 340 g/mol. The summed E-state index contributed by atoms with van der Waals surface area (Å²) in [5, 5.41) is 0. The first kappa shape index (κ1) is 22.7. The summed E-state index contributed by atoms with van der Waals surface area (Å²) < 4.78 is 4.59. The molecule has 0 unspecified atom stereocenters. The molecule has 2 aromatic rings. The van der Waals surface area contributed by atoms with Crippen LogP contribution in [0.5, 0.6) is 0 Å². The lowest BCUT2D eigenvalue weighted by Gasteiger charge is -2.03. The molecule has 1 aromatic carbocycles. The van der Waals surface area contributed by atoms with E-state index in [2.05, 4.69) is 66.0 Å². The molecule has 1 aromatic heterocycles. The van der Waals surface area contributed by atoms with Gasteiger partial charge in [-0.05, 0) is 12.8 Å². The lowest BCUT2D eigenvalue weighted by atomic mass is 10.0. The first-order valence-corrected chi connectivity index (χ1v) is 11.9. The zero-order chi connectivity index (χ0) is 19.9. The molecule has 0 saturated heterocycles. The Bertz CT molecular complexity index is 615. The van der Waals surface area contributed by atoms with Gasteiger partial charge in [-0.2, -0.15) is 0 Å². The van der Waals surface area contributed by atoms with E-state index in [1.807, 2.05) is 0 Å². The number of benzene rings is 1. The van der Waals surface area contributed by atoms with Gasteiger partial charge in [0.2, 0.25) is 6.33 Å². The smallest absolute Gasteiger partial charge is 0.236 e. The molecule has 1 heterocycles. The van der Waals surface area contributed by atoms with Gasteiger partial charge in [0.25, 0.3) is 0 Å². The molecule has 0 aliphatic heterocycles. The van der Waals surface area contributed by atoms with Gasteiger partial charge in [0.1, 0.15) is 6.20 Å². The largest absolute Gasteiger partial charge is 0.244 e. The summed E-state index contributed by atoms with van der Waals surface area (Å²) in [4.78, 5) is 0. The summed E-state index contributed by atoms with van der Waals surface area (Å²) in [7, 11) is 2.14. The van der Waals surface area contributed by atoms with Gasteiger partial charge in [0.15, 0.2) is 5.69 Å². The van der Waals surface area contributed by atoms with E-state index in [9.17, 15) is 0 Å². The number of nitrogens with zero attached hydrogens (tertiary/aromatic N) is 2. The summed E-state index contributed by atoms with van der Waals surface area (Å²) in [5.41, 5.74) is 2.59. The highest BCUT2D eigenvalue weighted by Gasteiger charge is 2.11. The van der Waals surface area contributed by atoms with Gasteiger partial charge >= 0.3 is 0 Å². The first-order valence-electron chi connectivity index (χ1n) is 11.9. The highest BCUT2D eigenvalue weighted by Crippen LogP contribution is 2.17. The lowest BCUT2D eigenvalue weighted by molar-refractivity contribution is -0.696.